The first kappa shape index (κ1) is 19.4. The number of carbonyl (C=O) groups excluding carboxylic acids is 2. The van der Waals surface area contributed by atoms with Gasteiger partial charge in [0, 0.05) is 11.3 Å². The number of nitrogens with two attached hydrogens (primary N) is 1. The number of sulfonamides is 1. The van der Waals surface area contributed by atoms with Gasteiger partial charge >= 0.3 is 0 Å². The summed E-state index contributed by atoms with van der Waals surface area (Å²) in [6, 6.07) is 10.7. The van der Waals surface area contributed by atoms with Gasteiger partial charge in [-0.2, -0.15) is 4.72 Å². The molecule has 0 aliphatic heterocycles. The number of ether oxygens (including phenoxy) is 1. The van der Waals surface area contributed by atoms with E-state index in [9.17, 15) is 18.0 Å². The van der Waals surface area contributed by atoms with Crippen LogP contribution in [0.3, 0.4) is 0 Å². The van der Waals surface area contributed by atoms with Crippen molar-refractivity contribution in [2.75, 3.05) is 12.4 Å². The third-order valence-corrected chi connectivity index (χ3v) is 5.09. The highest BCUT2D eigenvalue weighted by Crippen LogP contribution is 2.16. The van der Waals surface area contributed by atoms with Crippen LogP contribution in [0, 0.1) is 0 Å². The average molecular weight is 377 g/mol. The van der Waals surface area contributed by atoms with E-state index < -0.39 is 27.9 Å². The predicted octanol–water partition coefficient (Wildman–Crippen LogP) is 1.10. The fourth-order valence-electron chi connectivity index (χ4n) is 2.08. The Morgan fingerprint density at radius 1 is 1.04 bits per heavy atom. The minimum atomic E-state index is -3.87. The number of hydrogen-bond donors (Lipinski definition) is 3. The van der Waals surface area contributed by atoms with Crippen LogP contribution in [-0.4, -0.2) is 33.4 Å². The van der Waals surface area contributed by atoms with Crippen LogP contribution in [0.1, 0.15) is 17.3 Å². The summed E-state index contributed by atoms with van der Waals surface area (Å²) < 4.78 is 32.0. The molecule has 0 aliphatic rings. The van der Waals surface area contributed by atoms with Crippen molar-refractivity contribution >= 4 is 27.5 Å². The molecule has 0 spiro atoms. The van der Waals surface area contributed by atoms with Gasteiger partial charge in [0.15, 0.2) is 0 Å². The zero-order chi connectivity index (χ0) is 19.3. The van der Waals surface area contributed by atoms with Gasteiger partial charge in [-0.3, -0.25) is 9.59 Å². The monoisotopic (exact) mass is 377 g/mol. The molecule has 26 heavy (non-hydrogen) atoms. The second-order valence-electron chi connectivity index (χ2n) is 5.45. The first-order valence-electron chi connectivity index (χ1n) is 7.60. The van der Waals surface area contributed by atoms with E-state index in [1.807, 2.05) is 0 Å². The number of nitrogens with one attached hydrogen (secondary N) is 2. The minimum Gasteiger partial charge on any atom is -0.497 e. The zero-order valence-corrected chi connectivity index (χ0v) is 15.0. The van der Waals surface area contributed by atoms with Crippen molar-refractivity contribution < 1.29 is 22.7 Å². The summed E-state index contributed by atoms with van der Waals surface area (Å²) in [5.74, 6) is -0.605. The van der Waals surface area contributed by atoms with Gasteiger partial charge in [0.1, 0.15) is 5.75 Å². The fourth-order valence-corrected chi connectivity index (χ4v) is 3.28. The van der Waals surface area contributed by atoms with Crippen molar-refractivity contribution in [3.8, 4) is 5.75 Å². The summed E-state index contributed by atoms with van der Waals surface area (Å²) in [6.07, 6.45) is 0. The Hall–Kier alpha value is -2.91. The van der Waals surface area contributed by atoms with Gasteiger partial charge in [0.25, 0.3) is 0 Å². The first-order valence-corrected chi connectivity index (χ1v) is 9.08. The Bertz CT molecular complexity index is 893. The van der Waals surface area contributed by atoms with Crippen molar-refractivity contribution in [3.05, 3.63) is 54.1 Å². The highest BCUT2D eigenvalue weighted by atomic mass is 32.2. The molecule has 2 aromatic rings. The largest absolute Gasteiger partial charge is 0.497 e. The molecule has 0 fully saturated rings. The van der Waals surface area contributed by atoms with Crippen LogP contribution in [0.15, 0.2) is 53.4 Å². The fraction of sp³-hybridized carbons (Fsp3) is 0.176. The quantitative estimate of drug-likeness (QED) is 0.666. The molecule has 0 heterocycles. The van der Waals surface area contributed by atoms with E-state index >= 15 is 0 Å². The second-order valence-corrected chi connectivity index (χ2v) is 7.16. The van der Waals surface area contributed by atoms with E-state index in [1.54, 1.807) is 0 Å². The van der Waals surface area contributed by atoms with E-state index in [4.69, 9.17) is 10.5 Å². The van der Waals surface area contributed by atoms with Gasteiger partial charge in [-0.05, 0) is 55.5 Å². The number of primary amides is 1. The van der Waals surface area contributed by atoms with Gasteiger partial charge in [-0.15, -0.1) is 0 Å². The molecule has 1 atom stereocenters. The van der Waals surface area contributed by atoms with Crippen LogP contribution in [0.2, 0.25) is 0 Å². The topological polar surface area (TPSA) is 128 Å². The van der Waals surface area contributed by atoms with Crippen molar-refractivity contribution in [1.82, 2.24) is 4.72 Å². The second kappa shape index (κ2) is 7.98. The van der Waals surface area contributed by atoms with E-state index in [1.165, 1.54) is 62.6 Å². The zero-order valence-electron chi connectivity index (χ0n) is 14.2. The van der Waals surface area contributed by atoms with E-state index in [0.29, 0.717) is 17.0 Å². The standard InChI is InChI=1S/C17H19N3O5S/c1-11(17(22)19-13-5-3-12(4-6-13)16(18)21)20-26(23,24)15-9-7-14(25-2)8-10-15/h3-11,20H,1-2H3,(H2,18,21)(H,19,22)/t11-/m1/s1. The van der Waals surface area contributed by atoms with Crippen molar-refractivity contribution in [2.24, 2.45) is 5.73 Å². The number of anilines is 1. The summed E-state index contributed by atoms with van der Waals surface area (Å²) in [6.45, 7) is 1.42. The Labute approximate surface area is 151 Å². The average Bonchev–Trinajstić information content (AvgIpc) is 2.61. The van der Waals surface area contributed by atoms with Crippen molar-refractivity contribution in [3.63, 3.8) is 0 Å². The maximum atomic E-state index is 12.3. The maximum Gasteiger partial charge on any atom is 0.248 e. The molecule has 2 aromatic carbocycles. The number of rotatable bonds is 7. The molecule has 0 bridgehead atoms. The smallest absolute Gasteiger partial charge is 0.248 e. The first-order chi connectivity index (χ1) is 12.2. The third kappa shape index (κ3) is 4.80. The number of hydrogen-bond acceptors (Lipinski definition) is 5. The third-order valence-electron chi connectivity index (χ3n) is 3.53. The highest BCUT2D eigenvalue weighted by molar-refractivity contribution is 7.89. The Kier molecular flexibility index (Phi) is 5.96. The highest BCUT2D eigenvalue weighted by Gasteiger charge is 2.22. The molecule has 0 saturated carbocycles. The Balaban J connectivity index is 2.03. The molecule has 0 aliphatic carbocycles. The van der Waals surface area contributed by atoms with Crippen LogP contribution < -0.4 is 20.5 Å². The van der Waals surface area contributed by atoms with E-state index in [2.05, 4.69) is 10.0 Å². The minimum absolute atomic E-state index is 0.0174. The number of benzene rings is 2. The van der Waals surface area contributed by atoms with Gasteiger partial charge in [0.05, 0.1) is 18.0 Å². The van der Waals surface area contributed by atoms with Crippen LogP contribution in [0.5, 0.6) is 5.75 Å². The molecule has 0 unspecified atom stereocenters. The molecule has 0 saturated heterocycles. The molecule has 0 aromatic heterocycles. The lowest BCUT2D eigenvalue weighted by Crippen LogP contribution is -2.41. The van der Waals surface area contributed by atoms with E-state index in [0.717, 1.165) is 0 Å². The molecular formula is C17H19N3O5S. The molecule has 138 valence electrons. The number of methoxy groups -OCH3 is 1. The van der Waals surface area contributed by atoms with Crippen molar-refractivity contribution in [1.29, 1.82) is 0 Å². The molecule has 8 nitrogen and oxygen atoms in total. The lowest BCUT2D eigenvalue weighted by molar-refractivity contribution is -0.117. The molecule has 0 radical (unpaired) electrons. The van der Waals surface area contributed by atoms with E-state index in [-0.39, 0.29) is 4.90 Å². The molecule has 9 heteroatoms. The summed E-state index contributed by atoms with van der Waals surface area (Å²) in [7, 11) is -2.39. The molecular weight excluding hydrogens is 358 g/mol. The summed E-state index contributed by atoms with van der Waals surface area (Å²) in [4.78, 5) is 23.2. The summed E-state index contributed by atoms with van der Waals surface area (Å²) in [5, 5.41) is 2.56. The Morgan fingerprint density at radius 3 is 2.12 bits per heavy atom. The summed E-state index contributed by atoms with van der Waals surface area (Å²) in [5.41, 5.74) is 5.86. The van der Waals surface area contributed by atoms with Gasteiger partial charge in [-0.25, -0.2) is 8.42 Å². The van der Waals surface area contributed by atoms with Crippen LogP contribution in [0.4, 0.5) is 5.69 Å². The lowest BCUT2D eigenvalue weighted by Gasteiger charge is -2.15. The number of carbonyl (C=O) groups is 2. The van der Waals surface area contributed by atoms with Crippen LogP contribution in [-0.2, 0) is 14.8 Å². The normalized spacial score (nSPS) is 12.2. The van der Waals surface area contributed by atoms with Crippen LogP contribution >= 0.6 is 0 Å². The lowest BCUT2D eigenvalue weighted by atomic mass is 10.2. The van der Waals surface area contributed by atoms with Gasteiger partial charge in [0.2, 0.25) is 21.8 Å². The summed E-state index contributed by atoms with van der Waals surface area (Å²) >= 11 is 0. The number of amides is 2. The maximum absolute atomic E-state index is 12.3. The SMILES string of the molecule is COc1ccc(S(=O)(=O)N[C@H](C)C(=O)Nc2ccc(C(N)=O)cc2)cc1. The van der Waals surface area contributed by atoms with Gasteiger partial charge < -0.3 is 15.8 Å². The molecule has 4 N–H and O–H groups in total. The predicted molar refractivity (Wildman–Crippen MR) is 96.4 cm³/mol. The Morgan fingerprint density at radius 2 is 1.62 bits per heavy atom. The van der Waals surface area contributed by atoms with Crippen LogP contribution in [0.25, 0.3) is 0 Å². The molecule has 2 amide bonds. The van der Waals surface area contributed by atoms with Crippen molar-refractivity contribution in [2.45, 2.75) is 17.9 Å². The molecule has 2 rings (SSSR count). The van der Waals surface area contributed by atoms with Gasteiger partial charge in [-0.1, -0.05) is 0 Å².